The molecule has 0 spiro atoms. The van der Waals surface area contributed by atoms with Crippen LogP contribution in [0.25, 0.3) is 0 Å². The van der Waals surface area contributed by atoms with E-state index in [4.69, 9.17) is 9.84 Å². The topological polar surface area (TPSA) is 75.6 Å². The van der Waals surface area contributed by atoms with Gasteiger partial charge in [0.05, 0.1) is 11.5 Å². The molecule has 0 atom stereocenters. The fourth-order valence-corrected chi connectivity index (χ4v) is 2.28. The molecule has 6 heteroatoms. The lowest BCUT2D eigenvalue weighted by molar-refractivity contribution is 0.233. The largest absolute Gasteiger partial charge is 0.494 e. The summed E-state index contributed by atoms with van der Waals surface area (Å²) in [6.45, 7) is 2.57. The van der Waals surface area contributed by atoms with Crippen LogP contribution in [0.15, 0.2) is 29.2 Å². The Morgan fingerprint density at radius 3 is 2.47 bits per heavy atom. The zero-order valence-corrected chi connectivity index (χ0v) is 10.5. The van der Waals surface area contributed by atoms with Gasteiger partial charge in [-0.3, -0.25) is 0 Å². The van der Waals surface area contributed by atoms with Gasteiger partial charge in [0.2, 0.25) is 10.0 Å². The molecule has 0 aliphatic heterocycles. The molecule has 1 aromatic carbocycles. The van der Waals surface area contributed by atoms with Crippen LogP contribution in [0, 0.1) is 0 Å². The SMILES string of the molecule is CCNS(=O)(=O)c1ccc(OCCCO)cc1. The second kappa shape index (κ2) is 6.58. The first-order valence-corrected chi connectivity index (χ1v) is 6.92. The van der Waals surface area contributed by atoms with Crippen molar-refractivity contribution in [1.29, 1.82) is 0 Å². The van der Waals surface area contributed by atoms with Crippen LogP contribution < -0.4 is 9.46 Å². The summed E-state index contributed by atoms with van der Waals surface area (Å²) < 4.78 is 30.9. The smallest absolute Gasteiger partial charge is 0.240 e. The highest BCUT2D eigenvalue weighted by Gasteiger charge is 2.11. The number of hydrogen-bond donors (Lipinski definition) is 2. The molecule has 0 aliphatic rings. The molecule has 2 N–H and O–H groups in total. The van der Waals surface area contributed by atoms with Gasteiger partial charge in [-0.15, -0.1) is 0 Å². The van der Waals surface area contributed by atoms with Crippen molar-refractivity contribution in [2.24, 2.45) is 0 Å². The van der Waals surface area contributed by atoms with Gasteiger partial charge in [-0.1, -0.05) is 6.92 Å². The normalized spacial score (nSPS) is 11.4. The Morgan fingerprint density at radius 1 is 1.29 bits per heavy atom. The number of hydrogen-bond acceptors (Lipinski definition) is 4. The summed E-state index contributed by atoms with van der Waals surface area (Å²) in [5.41, 5.74) is 0. The summed E-state index contributed by atoms with van der Waals surface area (Å²) in [4.78, 5) is 0.217. The zero-order chi connectivity index (χ0) is 12.7. The summed E-state index contributed by atoms with van der Waals surface area (Å²) in [6.07, 6.45) is 0.553. The number of rotatable bonds is 7. The first-order chi connectivity index (χ1) is 8.10. The molecule has 0 heterocycles. The van der Waals surface area contributed by atoms with E-state index in [-0.39, 0.29) is 11.5 Å². The molecular weight excluding hydrogens is 242 g/mol. The van der Waals surface area contributed by atoms with Crippen molar-refractivity contribution in [2.45, 2.75) is 18.2 Å². The van der Waals surface area contributed by atoms with Crippen LogP contribution in [-0.2, 0) is 10.0 Å². The van der Waals surface area contributed by atoms with Crippen molar-refractivity contribution in [3.8, 4) is 5.75 Å². The summed E-state index contributed by atoms with van der Waals surface area (Å²) >= 11 is 0. The molecule has 0 unspecified atom stereocenters. The van der Waals surface area contributed by atoms with E-state index in [1.807, 2.05) is 0 Å². The van der Waals surface area contributed by atoms with E-state index in [2.05, 4.69) is 4.72 Å². The molecule has 0 amide bonds. The first-order valence-electron chi connectivity index (χ1n) is 5.43. The highest BCUT2D eigenvalue weighted by Crippen LogP contribution is 2.15. The highest BCUT2D eigenvalue weighted by molar-refractivity contribution is 7.89. The quantitative estimate of drug-likeness (QED) is 0.708. The molecule has 5 nitrogen and oxygen atoms in total. The van der Waals surface area contributed by atoms with E-state index < -0.39 is 10.0 Å². The van der Waals surface area contributed by atoms with Gasteiger partial charge in [-0.25, -0.2) is 13.1 Å². The Balaban J connectivity index is 2.68. The van der Waals surface area contributed by atoms with Gasteiger partial charge in [-0.2, -0.15) is 0 Å². The third-order valence-electron chi connectivity index (χ3n) is 2.04. The summed E-state index contributed by atoms with van der Waals surface area (Å²) in [5.74, 6) is 0.592. The van der Waals surface area contributed by atoms with Crippen molar-refractivity contribution in [3.63, 3.8) is 0 Å². The lowest BCUT2D eigenvalue weighted by Gasteiger charge is -2.07. The summed E-state index contributed by atoms with van der Waals surface area (Å²) in [5, 5.41) is 8.59. The highest BCUT2D eigenvalue weighted by atomic mass is 32.2. The molecule has 1 rings (SSSR count). The van der Waals surface area contributed by atoms with E-state index >= 15 is 0 Å². The maximum absolute atomic E-state index is 11.6. The fourth-order valence-electron chi connectivity index (χ4n) is 1.24. The third-order valence-corrected chi connectivity index (χ3v) is 3.60. The number of aliphatic hydroxyl groups excluding tert-OH is 1. The predicted molar refractivity (Wildman–Crippen MR) is 64.5 cm³/mol. The van der Waals surface area contributed by atoms with Crippen molar-refractivity contribution < 1.29 is 18.3 Å². The van der Waals surface area contributed by atoms with Crippen LogP contribution in [0.2, 0.25) is 0 Å². The molecular formula is C11H17NO4S. The molecule has 0 aliphatic carbocycles. The third kappa shape index (κ3) is 4.33. The van der Waals surface area contributed by atoms with Crippen molar-refractivity contribution in [1.82, 2.24) is 4.72 Å². The van der Waals surface area contributed by atoms with Crippen LogP contribution in [0.4, 0.5) is 0 Å². The van der Waals surface area contributed by atoms with Crippen LogP contribution in [0.5, 0.6) is 5.75 Å². The molecule has 0 fully saturated rings. The average molecular weight is 259 g/mol. The van der Waals surface area contributed by atoms with Crippen molar-refractivity contribution >= 4 is 10.0 Å². The molecule has 96 valence electrons. The summed E-state index contributed by atoms with van der Waals surface area (Å²) in [7, 11) is -3.40. The van der Waals surface area contributed by atoms with Gasteiger partial charge in [0.25, 0.3) is 0 Å². The van der Waals surface area contributed by atoms with Gasteiger partial charge in [0.1, 0.15) is 5.75 Å². The molecule has 0 radical (unpaired) electrons. The predicted octanol–water partition coefficient (Wildman–Crippen LogP) is 0.746. The molecule has 0 aromatic heterocycles. The Hall–Kier alpha value is -1.11. The van der Waals surface area contributed by atoms with E-state index in [0.29, 0.717) is 25.3 Å². The maximum Gasteiger partial charge on any atom is 0.240 e. The molecule has 0 saturated heterocycles. The van der Waals surface area contributed by atoms with Crippen LogP contribution in [0.1, 0.15) is 13.3 Å². The van der Waals surface area contributed by atoms with Gasteiger partial charge < -0.3 is 9.84 Å². The van der Waals surface area contributed by atoms with Crippen LogP contribution in [-0.4, -0.2) is 33.3 Å². The van der Waals surface area contributed by atoms with Gasteiger partial charge >= 0.3 is 0 Å². The fraction of sp³-hybridized carbons (Fsp3) is 0.455. The standard InChI is InChI=1S/C11H17NO4S/c1-2-12-17(14,15)11-6-4-10(5-7-11)16-9-3-8-13/h4-7,12-13H,2-3,8-9H2,1H3. The Morgan fingerprint density at radius 2 is 1.94 bits per heavy atom. The molecule has 17 heavy (non-hydrogen) atoms. The van der Waals surface area contributed by atoms with E-state index in [1.165, 1.54) is 12.1 Å². The maximum atomic E-state index is 11.6. The monoisotopic (exact) mass is 259 g/mol. The number of aliphatic hydroxyl groups is 1. The van der Waals surface area contributed by atoms with Gasteiger partial charge in [0.15, 0.2) is 0 Å². The zero-order valence-electron chi connectivity index (χ0n) is 9.72. The van der Waals surface area contributed by atoms with E-state index in [0.717, 1.165) is 0 Å². The second-order valence-electron chi connectivity index (χ2n) is 3.40. The molecule has 0 saturated carbocycles. The number of sulfonamides is 1. The minimum Gasteiger partial charge on any atom is -0.494 e. The molecule has 1 aromatic rings. The Kier molecular flexibility index (Phi) is 5.40. The van der Waals surface area contributed by atoms with Gasteiger partial charge in [0, 0.05) is 19.6 Å². The van der Waals surface area contributed by atoms with Crippen LogP contribution >= 0.6 is 0 Å². The minimum atomic E-state index is -3.40. The average Bonchev–Trinajstić information content (AvgIpc) is 2.30. The van der Waals surface area contributed by atoms with E-state index in [1.54, 1.807) is 19.1 Å². The number of nitrogens with one attached hydrogen (secondary N) is 1. The lowest BCUT2D eigenvalue weighted by atomic mass is 10.3. The number of benzene rings is 1. The Bertz CT molecular complexity index is 427. The van der Waals surface area contributed by atoms with Crippen molar-refractivity contribution in [3.05, 3.63) is 24.3 Å². The Labute approximate surface area is 101 Å². The molecule has 0 bridgehead atoms. The number of ether oxygens (including phenoxy) is 1. The van der Waals surface area contributed by atoms with Crippen molar-refractivity contribution in [2.75, 3.05) is 19.8 Å². The minimum absolute atomic E-state index is 0.0763. The van der Waals surface area contributed by atoms with Crippen LogP contribution in [0.3, 0.4) is 0 Å². The van der Waals surface area contributed by atoms with E-state index in [9.17, 15) is 8.42 Å². The lowest BCUT2D eigenvalue weighted by Crippen LogP contribution is -2.22. The second-order valence-corrected chi connectivity index (χ2v) is 5.17. The first kappa shape index (κ1) is 14.0. The van der Waals surface area contributed by atoms with Gasteiger partial charge in [-0.05, 0) is 24.3 Å². The summed E-state index contributed by atoms with van der Waals surface area (Å²) in [6, 6.07) is 6.18.